The number of hydrogen-bond acceptors (Lipinski definition) is 5. The molecule has 0 bridgehead atoms. The molecule has 0 aliphatic carbocycles. The molecule has 1 amide bonds. The summed E-state index contributed by atoms with van der Waals surface area (Å²) in [7, 11) is 0. The predicted octanol–water partition coefficient (Wildman–Crippen LogP) is 4.33. The molecule has 1 fully saturated rings. The molecule has 1 aliphatic rings. The standard InChI is InChI=1S/C21H24N4O2S/c1-16-7-4-8-17(15-16)25-20(18-9-5-13-27-18)22-23-21(25)28-14-6-10-19(26)24-11-2-3-12-24/h4-5,7-9,13,15H,2-3,6,10-12,14H2,1H3. The first-order chi connectivity index (χ1) is 13.7. The predicted molar refractivity (Wildman–Crippen MR) is 110 cm³/mol. The monoisotopic (exact) mass is 396 g/mol. The number of amides is 1. The molecule has 0 N–H and O–H groups in total. The normalized spacial score (nSPS) is 14.0. The molecule has 146 valence electrons. The van der Waals surface area contributed by atoms with Crippen LogP contribution in [0.25, 0.3) is 17.3 Å². The van der Waals surface area contributed by atoms with Gasteiger partial charge in [-0.05, 0) is 56.0 Å². The number of aryl methyl sites for hydroxylation is 1. The third-order valence-electron chi connectivity index (χ3n) is 4.86. The van der Waals surface area contributed by atoms with Crippen LogP contribution in [0.5, 0.6) is 0 Å². The number of thioether (sulfide) groups is 1. The van der Waals surface area contributed by atoms with Crippen molar-refractivity contribution in [2.45, 2.75) is 37.8 Å². The van der Waals surface area contributed by atoms with Gasteiger partial charge in [-0.25, -0.2) is 0 Å². The SMILES string of the molecule is Cc1cccc(-n2c(SCCCC(=O)N3CCCC3)nnc2-c2ccco2)c1. The summed E-state index contributed by atoms with van der Waals surface area (Å²) in [5, 5.41) is 9.57. The second-order valence-corrected chi connectivity index (χ2v) is 8.06. The highest BCUT2D eigenvalue weighted by atomic mass is 32.2. The van der Waals surface area contributed by atoms with Crippen LogP contribution in [-0.2, 0) is 4.79 Å². The minimum atomic E-state index is 0.273. The van der Waals surface area contributed by atoms with Crippen LogP contribution in [0.1, 0.15) is 31.2 Å². The molecule has 28 heavy (non-hydrogen) atoms. The van der Waals surface area contributed by atoms with E-state index >= 15 is 0 Å². The van der Waals surface area contributed by atoms with E-state index in [1.165, 1.54) is 5.56 Å². The van der Waals surface area contributed by atoms with Crippen LogP contribution >= 0.6 is 11.8 Å². The maximum Gasteiger partial charge on any atom is 0.222 e. The average Bonchev–Trinajstić information content (AvgIpc) is 3.46. The fraction of sp³-hybridized carbons (Fsp3) is 0.381. The van der Waals surface area contributed by atoms with Gasteiger partial charge in [0.1, 0.15) is 0 Å². The molecule has 6 nitrogen and oxygen atoms in total. The molecule has 0 radical (unpaired) electrons. The summed E-state index contributed by atoms with van der Waals surface area (Å²) in [6, 6.07) is 12.0. The number of hydrogen-bond donors (Lipinski definition) is 0. The van der Waals surface area contributed by atoms with Crippen molar-refractivity contribution in [3.63, 3.8) is 0 Å². The molecule has 7 heteroatoms. The Morgan fingerprint density at radius 2 is 2.04 bits per heavy atom. The van der Waals surface area contributed by atoms with E-state index in [9.17, 15) is 4.79 Å². The molecule has 1 aromatic carbocycles. The van der Waals surface area contributed by atoms with Crippen molar-refractivity contribution < 1.29 is 9.21 Å². The van der Waals surface area contributed by atoms with Gasteiger partial charge in [0, 0.05) is 25.3 Å². The number of rotatable bonds is 7. The van der Waals surface area contributed by atoms with Crippen molar-refractivity contribution in [3.05, 3.63) is 48.2 Å². The molecule has 0 unspecified atom stereocenters. The molecule has 4 rings (SSSR count). The average molecular weight is 397 g/mol. The number of furan rings is 1. The zero-order chi connectivity index (χ0) is 19.3. The van der Waals surface area contributed by atoms with Gasteiger partial charge in [0.2, 0.25) is 11.7 Å². The van der Waals surface area contributed by atoms with E-state index < -0.39 is 0 Å². The minimum Gasteiger partial charge on any atom is -0.461 e. The Morgan fingerprint density at radius 3 is 2.79 bits per heavy atom. The Labute approximate surface area is 168 Å². The topological polar surface area (TPSA) is 64.2 Å². The third kappa shape index (κ3) is 4.14. The van der Waals surface area contributed by atoms with E-state index in [4.69, 9.17) is 4.42 Å². The Balaban J connectivity index is 1.48. The molecule has 0 atom stereocenters. The van der Waals surface area contributed by atoms with Crippen molar-refractivity contribution in [2.75, 3.05) is 18.8 Å². The van der Waals surface area contributed by atoms with E-state index in [0.717, 1.165) is 48.9 Å². The summed E-state index contributed by atoms with van der Waals surface area (Å²) < 4.78 is 7.58. The summed E-state index contributed by atoms with van der Waals surface area (Å²) in [5.74, 6) is 2.47. The zero-order valence-electron chi connectivity index (χ0n) is 16.0. The van der Waals surface area contributed by atoms with E-state index in [1.54, 1.807) is 18.0 Å². The fourth-order valence-electron chi connectivity index (χ4n) is 3.44. The van der Waals surface area contributed by atoms with Gasteiger partial charge >= 0.3 is 0 Å². The number of nitrogens with zero attached hydrogens (tertiary/aromatic N) is 4. The van der Waals surface area contributed by atoms with Gasteiger partial charge in [-0.15, -0.1) is 10.2 Å². The van der Waals surface area contributed by atoms with E-state index in [-0.39, 0.29) is 5.91 Å². The van der Waals surface area contributed by atoms with Gasteiger partial charge in [-0.1, -0.05) is 23.9 Å². The summed E-state index contributed by atoms with van der Waals surface area (Å²) in [6.07, 6.45) is 5.33. The largest absolute Gasteiger partial charge is 0.461 e. The molecular formula is C21H24N4O2S. The highest BCUT2D eigenvalue weighted by Gasteiger charge is 2.19. The van der Waals surface area contributed by atoms with Gasteiger partial charge in [0.15, 0.2) is 10.9 Å². The lowest BCUT2D eigenvalue weighted by Gasteiger charge is -2.14. The van der Waals surface area contributed by atoms with Crippen LogP contribution in [0.4, 0.5) is 0 Å². The zero-order valence-corrected chi connectivity index (χ0v) is 16.8. The summed E-state index contributed by atoms with van der Waals surface area (Å²) in [5.41, 5.74) is 2.18. The Kier molecular flexibility index (Phi) is 5.81. The second-order valence-electron chi connectivity index (χ2n) is 7.00. The van der Waals surface area contributed by atoms with Crippen molar-refractivity contribution in [3.8, 4) is 17.3 Å². The van der Waals surface area contributed by atoms with Gasteiger partial charge in [0.25, 0.3) is 0 Å². The van der Waals surface area contributed by atoms with E-state index in [0.29, 0.717) is 18.0 Å². The molecule has 0 saturated carbocycles. The summed E-state index contributed by atoms with van der Waals surface area (Å²) in [4.78, 5) is 14.2. The Hall–Kier alpha value is -2.54. The van der Waals surface area contributed by atoms with Crippen LogP contribution in [0.3, 0.4) is 0 Å². The molecule has 3 heterocycles. The van der Waals surface area contributed by atoms with Crippen molar-refractivity contribution in [2.24, 2.45) is 0 Å². The van der Waals surface area contributed by atoms with Crippen LogP contribution in [0.2, 0.25) is 0 Å². The summed E-state index contributed by atoms with van der Waals surface area (Å²) in [6.45, 7) is 3.90. The Bertz CT molecular complexity index is 930. The third-order valence-corrected chi connectivity index (χ3v) is 5.87. The Morgan fingerprint density at radius 1 is 1.18 bits per heavy atom. The van der Waals surface area contributed by atoms with Gasteiger partial charge in [-0.3, -0.25) is 9.36 Å². The first-order valence-electron chi connectivity index (χ1n) is 9.69. The van der Waals surface area contributed by atoms with Gasteiger partial charge in [0.05, 0.1) is 12.0 Å². The quantitative estimate of drug-likeness (QED) is 0.439. The van der Waals surface area contributed by atoms with E-state index in [1.807, 2.05) is 33.7 Å². The number of aromatic nitrogens is 3. The maximum absolute atomic E-state index is 12.2. The lowest BCUT2D eigenvalue weighted by molar-refractivity contribution is -0.130. The second kappa shape index (κ2) is 8.65. The first-order valence-corrected chi connectivity index (χ1v) is 10.7. The van der Waals surface area contributed by atoms with Crippen LogP contribution in [0, 0.1) is 6.92 Å². The molecular weight excluding hydrogens is 372 g/mol. The smallest absolute Gasteiger partial charge is 0.222 e. The fourth-order valence-corrected chi connectivity index (χ4v) is 4.33. The number of likely N-dealkylation sites (tertiary alicyclic amines) is 1. The lowest BCUT2D eigenvalue weighted by Crippen LogP contribution is -2.27. The molecule has 3 aromatic rings. The minimum absolute atomic E-state index is 0.273. The van der Waals surface area contributed by atoms with E-state index in [2.05, 4.69) is 29.3 Å². The van der Waals surface area contributed by atoms with Crippen LogP contribution in [-0.4, -0.2) is 44.4 Å². The number of carbonyl (C=O) groups is 1. The summed E-state index contributed by atoms with van der Waals surface area (Å²) >= 11 is 1.63. The highest BCUT2D eigenvalue weighted by Crippen LogP contribution is 2.29. The van der Waals surface area contributed by atoms with Gasteiger partial charge in [-0.2, -0.15) is 0 Å². The number of carbonyl (C=O) groups excluding carboxylic acids is 1. The number of benzene rings is 1. The highest BCUT2D eigenvalue weighted by molar-refractivity contribution is 7.99. The van der Waals surface area contributed by atoms with Gasteiger partial charge < -0.3 is 9.32 Å². The first kappa shape index (κ1) is 18.8. The molecule has 2 aromatic heterocycles. The van der Waals surface area contributed by atoms with Crippen LogP contribution in [0.15, 0.2) is 52.2 Å². The molecule has 0 spiro atoms. The maximum atomic E-state index is 12.2. The van der Waals surface area contributed by atoms with Crippen molar-refractivity contribution in [1.82, 2.24) is 19.7 Å². The van der Waals surface area contributed by atoms with Crippen LogP contribution < -0.4 is 0 Å². The lowest BCUT2D eigenvalue weighted by atomic mass is 10.2. The van der Waals surface area contributed by atoms with Crippen molar-refractivity contribution >= 4 is 17.7 Å². The molecule has 1 saturated heterocycles. The molecule has 1 aliphatic heterocycles. The van der Waals surface area contributed by atoms with Crippen molar-refractivity contribution in [1.29, 1.82) is 0 Å².